The number of hydrogen-bond donors (Lipinski definition) is 3. The fourth-order valence-electron chi connectivity index (χ4n) is 3.39. The van der Waals surface area contributed by atoms with Crippen LogP contribution in [0.5, 0.6) is 0 Å². The van der Waals surface area contributed by atoms with E-state index < -0.39 is 11.3 Å². The molecule has 1 unspecified atom stereocenters. The molecule has 1 aromatic carbocycles. The number of rotatable bonds is 13. The van der Waals surface area contributed by atoms with E-state index in [1.165, 1.54) is 0 Å². The molecule has 0 saturated carbocycles. The Morgan fingerprint density at radius 1 is 0.829 bits per heavy atom. The number of thiocarbonyl (C=S) groups is 1. The third-order valence-electron chi connectivity index (χ3n) is 5.00. The van der Waals surface area contributed by atoms with Crippen LogP contribution in [0.3, 0.4) is 0 Å². The second kappa shape index (κ2) is 27.1. The van der Waals surface area contributed by atoms with Gasteiger partial charge in [0.05, 0.1) is 11.4 Å². The van der Waals surface area contributed by atoms with Crippen molar-refractivity contribution in [2.45, 2.75) is 32.4 Å². The first-order valence-electron chi connectivity index (χ1n) is 11.7. The van der Waals surface area contributed by atoms with Crippen molar-refractivity contribution in [2.24, 2.45) is 0 Å². The Labute approximate surface area is 262 Å². The molecule has 2 aromatic heterocycles. The SMILES string of the molecule is O=S([O-])Nc1ccc(NC(=S)NCCCCCN(Cc2ccccn2)Cc2ccccn2)cc1.[C-]#[O+].[C-]#[O+].[C-]#[O+].[Re]. The Hall–Kier alpha value is -3.04. The van der Waals surface area contributed by atoms with Crippen molar-refractivity contribution in [3.05, 3.63) is 104 Å². The maximum atomic E-state index is 10.7. The molecule has 1 atom stereocenters. The van der Waals surface area contributed by atoms with Crippen molar-refractivity contribution in [3.63, 3.8) is 0 Å². The van der Waals surface area contributed by atoms with Crippen LogP contribution in [0.25, 0.3) is 0 Å². The van der Waals surface area contributed by atoms with Crippen LogP contribution in [0, 0.1) is 20.0 Å². The van der Waals surface area contributed by atoms with E-state index in [4.69, 9.17) is 26.2 Å². The molecule has 1 radical (unpaired) electrons. The number of nitrogens with zero attached hydrogens (tertiary/aromatic N) is 3. The third-order valence-corrected chi connectivity index (χ3v) is 5.65. The van der Waals surface area contributed by atoms with Crippen LogP contribution < -0.4 is 15.4 Å². The normalized spacial score (nSPS) is 9.85. The van der Waals surface area contributed by atoms with E-state index in [1.54, 1.807) is 24.3 Å². The second-order valence-electron chi connectivity index (χ2n) is 7.71. The molecule has 11 nitrogen and oxygen atoms in total. The van der Waals surface area contributed by atoms with E-state index in [9.17, 15) is 8.76 Å². The van der Waals surface area contributed by atoms with Crippen molar-refractivity contribution in [3.8, 4) is 0 Å². The Kier molecular flexibility index (Phi) is 26.6. The first-order chi connectivity index (χ1) is 19.6. The molecule has 0 amide bonds. The third kappa shape index (κ3) is 19.6. The van der Waals surface area contributed by atoms with Gasteiger partial charge in [0, 0.05) is 75.1 Å². The smallest absolute Gasteiger partial charge is 0 e. The molecule has 0 aliphatic heterocycles. The monoisotopic (exact) mass is 768 g/mol. The number of aromatic nitrogens is 2. The van der Waals surface area contributed by atoms with Crippen molar-refractivity contribution in [2.75, 3.05) is 23.1 Å². The predicted molar refractivity (Wildman–Crippen MR) is 151 cm³/mol. The van der Waals surface area contributed by atoms with Crippen LogP contribution in [-0.2, 0) is 58.7 Å². The van der Waals surface area contributed by atoms with Crippen LogP contribution in [0.4, 0.5) is 11.4 Å². The molecule has 0 fully saturated rings. The second-order valence-corrected chi connectivity index (χ2v) is 8.79. The molecule has 41 heavy (non-hydrogen) atoms. The van der Waals surface area contributed by atoms with Gasteiger partial charge in [-0.15, -0.1) is 0 Å². The van der Waals surface area contributed by atoms with Gasteiger partial charge in [-0.2, -0.15) is 0 Å². The van der Waals surface area contributed by atoms with E-state index in [-0.39, 0.29) is 20.4 Å². The van der Waals surface area contributed by atoms with Crippen molar-refractivity contribution in [1.82, 2.24) is 20.2 Å². The maximum absolute atomic E-state index is 10.7. The first-order valence-corrected chi connectivity index (χ1v) is 13.2. The molecular formula is C27H29N6O5ReS2-. The van der Waals surface area contributed by atoms with Crippen LogP contribution in [0.1, 0.15) is 30.7 Å². The minimum absolute atomic E-state index is 0. The molecule has 0 aliphatic rings. The Bertz CT molecular complexity index is 1110. The zero-order valence-electron chi connectivity index (χ0n) is 22.0. The standard InChI is InChI=1S/C24H30N6O2S2.3CO.Re/c31-34(32)29-21-12-10-20(11-13-21)28-24(33)27-16-4-1-7-17-30(18-22-8-2-5-14-25-22)19-23-9-3-6-15-26-23;3*1-2;/h2-3,5-6,8-15,29H,1,4,7,16-19H2,(H,31,32)(H2,27,28,33);;;;/p-1. The Morgan fingerprint density at radius 2 is 1.34 bits per heavy atom. The molecule has 0 saturated heterocycles. The molecule has 3 N–H and O–H groups in total. The topological polar surface area (TPSA) is 165 Å². The number of unbranched alkanes of at least 4 members (excludes halogenated alkanes) is 2. The molecular weight excluding hydrogens is 739 g/mol. The largest absolute Gasteiger partial charge is 0 e. The minimum Gasteiger partial charge on any atom is 0 e. The molecule has 3 aromatic rings. The summed E-state index contributed by atoms with van der Waals surface area (Å²) in [4.78, 5) is 11.3. The van der Waals surface area contributed by atoms with Gasteiger partial charge in [-0.25, -0.2) is 0 Å². The number of hydrogen-bond acceptors (Lipinski definition) is 6. The molecule has 14 heteroatoms. The van der Waals surface area contributed by atoms with Crippen molar-refractivity contribution in [1.29, 1.82) is 0 Å². The van der Waals surface area contributed by atoms with Crippen LogP contribution in [-0.4, -0.2) is 41.8 Å². The van der Waals surface area contributed by atoms with Gasteiger partial charge in [0.25, 0.3) is 0 Å². The Morgan fingerprint density at radius 3 is 1.80 bits per heavy atom. The predicted octanol–water partition coefficient (Wildman–Crippen LogP) is 3.73. The summed E-state index contributed by atoms with van der Waals surface area (Å²) in [5, 5.41) is 6.86. The van der Waals surface area contributed by atoms with Crippen molar-refractivity contribution >= 4 is 40.0 Å². The number of anilines is 2. The van der Waals surface area contributed by atoms with Gasteiger partial charge in [-0.1, -0.05) is 18.6 Å². The summed E-state index contributed by atoms with van der Waals surface area (Å²) in [6.45, 7) is 16.8. The summed E-state index contributed by atoms with van der Waals surface area (Å²) >= 11 is 3.01. The molecule has 0 aliphatic carbocycles. The number of nitrogens with one attached hydrogen (secondary N) is 3. The zero-order chi connectivity index (χ0) is 30.0. The zero-order valence-corrected chi connectivity index (χ0v) is 26.3. The van der Waals surface area contributed by atoms with Gasteiger partial charge in [-0.05, 0) is 80.1 Å². The van der Waals surface area contributed by atoms with E-state index >= 15 is 0 Å². The van der Waals surface area contributed by atoms with Gasteiger partial charge in [-0.3, -0.25) is 19.1 Å². The fourth-order valence-corrected chi connectivity index (χ4v) is 3.94. The summed E-state index contributed by atoms with van der Waals surface area (Å²) in [6, 6.07) is 18.9. The van der Waals surface area contributed by atoms with Crippen molar-refractivity contribution < 1.29 is 43.1 Å². The molecule has 0 spiro atoms. The van der Waals surface area contributed by atoms with Gasteiger partial charge < -0.3 is 19.9 Å². The van der Waals surface area contributed by atoms with Gasteiger partial charge in [0.1, 0.15) is 0 Å². The average Bonchev–Trinajstić information content (AvgIpc) is 3.00. The Balaban J connectivity index is 0. The van der Waals surface area contributed by atoms with Crippen LogP contribution in [0.2, 0.25) is 0 Å². The van der Waals surface area contributed by atoms with E-state index in [1.807, 2.05) is 36.7 Å². The van der Waals surface area contributed by atoms with Gasteiger partial charge in [0.2, 0.25) is 0 Å². The summed E-state index contributed by atoms with van der Waals surface area (Å²) in [5.41, 5.74) is 3.40. The summed E-state index contributed by atoms with van der Waals surface area (Å²) < 4.78 is 46.1. The van der Waals surface area contributed by atoms with E-state index in [2.05, 4.69) is 62.3 Å². The number of benzene rings is 1. The van der Waals surface area contributed by atoms with E-state index in [0.29, 0.717) is 10.8 Å². The fraction of sp³-hybridized carbons (Fsp3) is 0.259. The van der Waals surface area contributed by atoms with Gasteiger partial charge in [0.15, 0.2) is 5.11 Å². The molecule has 0 bridgehead atoms. The maximum Gasteiger partial charge on any atom is 0 e. The molecule has 2 heterocycles. The first kappa shape index (κ1) is 40.1. The quantitative estimate of drug-likeness (QED) is 0.0779. The van der Waals surface area contributed by atoms with E-state index in [0.717, 1.165) is 62.5 Å². The van der Waals surface area contributed by atoms with Gasteiger partial charge >= 0.3 is 33.9 Å². The molecule has 217 valence electrons. The summed E-state index contributed by atoms with van der Waals surface area (Å²) in [6.07, 6.45) is 6.80. The van der Waals surface area contributed by atoms with Crippen LogP contribution in [0.15, 0.2) is 73.1 Å². The average molecular weight is 768 g/mol. The van der Waals surface area contributed by atoms with Crippen LogP contribution >= 0.6 is 12.2 Å². The summed E-state index contributed by atoms with van der Waals surface area (Å²) in [7, 11) is 0. The minimum atomic E-state index is -2.33. The summed E-state index contributed by atoms with van der Waals surface area (Å²) in [5.74, 6) is 0. The number of pyridine rings is 2. The molecule has 3 rings (SSSR count).